The molecule has 1 aromatic rings. The van der Waals surface area contributed by atoms with Gasteiger partial charge in [-0.25, -0.2) is 0 Å². The molecule has 2 N–H and O–H groups in total. The molecular weight excluding hydrogens is 200 g/mol. The van der Waals surface area contributed by atoms with Crippen molar-refractivity contribution in [2.24, 2.45) is 0 Å². The summed E-state index contributed by atoms with van der Waals surface area (Å²) in [5.74, 6) is -0.106. The maximum absolute atomic E-state index is 11.5. The van der Waals surface area contributed by atoms with Gasteiger partial charge in [-0.3, -0.25) is 4.79 Å². The smallest absolute Gasteiger partial charge is 0.272 e. The third kappa shape index (κ3) is 2.27. The Morgan fingerprint density at radius 2 is 2.36 bits per heavy atom. The molecule has 0 aromatic carbocycles. The Bertz CT molecular complexity index is 294. The summed E-state index contributed by atoms with van der Waals surface area (Å²) in [4.78, 5) is 11.5. The summed E-state index contributed by atoms with van der Waals surface area (Å²) in [7, 11) is 0. The lowest BCUT2D eigenvalue weighted by Gasteiger charge is -2.23. The minimum Gasteiger partial charge on any atom is -0.348 e. The van der Waals surface area contributed by atoms with Gasteiger partial charge < -0.3 is 10.6 Å². The zero-order chi connectivity index (χ0) is 9.80. The second-order valence-electron chi connectivity index (χ2n) is 3.29. The molecule has 5 nitrogen and oxygen atoms in total. The Morgan fingerprint density at radius 1 is 1.57 bits per heavy atom. The Morgan fingerprint density at radius 3 is 3.00 bits per heavy atom. The highest BCUT2D eigenvalue weighted by atomic mass is 32.1. The van der Waals surface area contributed by atoms with Gasteiger partial charge >= 0.3 is 0 Å². The number of nitrogens with one attached hydrogen (secondary N) is 2. The fourth-order valence-corrected chi connectivity index (χ4v) is 1.93. The molecule has 76 valence electrons. The van der Waals surface area contributed by atoms with Crippen LogP contribution in [0.2, 0.25) is 0 Å². The molecule has 1 aliphatic rings. The van der Waals surface area contributed by atoms with Gasteiger partial charge in [-0.2, -0.15) is 0 Å². The average Bonchev–Trinajstić information content (AvgIpc) is 2.72. The zero-order valence-electron chi connectivity index (χ0n) is 7.69. The molecule has 2 heterocycles. The van der Waals surface area contributed by atoms with E-state index in [1.54, 1.807) is 5.38 Å². The van der Waals surface area contributed by atoms with Crippen LogP contribution in [-0.4, -0.2) is 34.6 Å². The van der Waals surface area contributed by atoms with Gasteiger partial charge in [-0.15, -0.1) is 5.10 Å². The second-order valence-corrected chi connectivity index (χ2v) is 3.90. The quantitative estimate of drug-likeness (QED) is 0.725. The van der Waals surface area contributed by atoms with Crippen LogP contribution >= 0.6 is 11.5 Å². The zero-order valence-corrected chi connectivity index (χ0v) is 8.51. The summed E-state index contributed by atoms with van der Waals surface area (Å²) in [6.45, 7) is 1.94. The summed E-state index contributed by atoms with van der Waals surface area (Å²) in [5.41, 5.74) is 0.425. The summed E-state index contributed by atoms with van der Waals surface area (Å²) in [6, 6.07) is 0.283. The molecule has 14 heavy (non-hydrogen) atoms. The van der Waals surface area contributed by atoms with Crippen LogP contribution in [0.4, 0.5) is 0 Å². The predicted molar refractivity (Wildman–Crippen MR) is 53.3 cm³/mol. The van der Waals surface area contributed by atoms with Gasteiger partial charge in [0.05, 0.1) is 0 Å². The molecule has 0 saturated carbocycles. The van der Waals surface area contributed by atoms with Crippen molar-refractivity contribution >= 4 is 17.4 Å². The van der Waals surface area contributed by atoms with Crippen LogP contribution < -0.4 is 10.6 Å². The standard InChI is InChI=1S/C8H12N4OS/c13-8(7-5-14-12-11-7)10-6-1-3-9-4-2-6/h5-6,9H,1-4H2,(H,10,13). The fraction of sp³-hybridized carbons (Fsp3) is 0.625. The highest BCUT2D eigenvalue weighted by molar-refractivity contribution is 7.03. The number of nitrogens with zero attached hydrogens (tertiary/aromatic N) is 2. The van der Waals surface area contributed by atoms with E-state index in [2.05, 4.69) is 20.2 Å². The molecule has 0 radical (unpaired) electrons. The molecule has 1 aliphatic heterocycles. The molecule has 0 bridgehead atoms. The van der Waals surface area contributed by atoms with E-state index in [0.29, 0.717) is 5.69 Å². The van der Waals surface area contributed by atoms with Gasteiger partial charge in [0, 0.05) is 11.4 Å². The molecule has 1 aromatic heterocycles. The van der Waals surface area contributed by atoms with Crippen molar-refractivity contribution in [3.63, 3.8) is 0 Å². The predicted octanol–water partition coefficient (Wildman–Crippen LogP) is 0.0199. The normalized spacial score (nSPS) is 18.0. The van der Waals surface area contributed by atoms with Gasteiger partial charge in [0.2, 0.25) is 0 Å². The molecule has 1 fully saturated rings. The van der Waals surface area contributed by atoms with E-state index < -0.39 is 0 Å². The van der Waals surface area contributed by atoms with Gasteiger partial charge in [-0.1, -0.05) is 4.49 Å². The summed E-state index contributed by atoms with van der Waals surface area (Å²) in [6.07, 6.45) is 1.98. The maximum atomic E-state index is 11.5. The second kappa shape index (κ2) is 4.47. The summed E-state index contributed by atoms with van der Waals surface area (Å²) >= 11 is 1.20. The van der Waals surface area contributed by atoms with Crippen LogP contribution in [0.1, 0.15) is 23.3 Å². The summed E-state index contributed by atoms with van der Waals surface area (Å²) < 4.78 is 3.65. The minimum atomic E-state index is -0.106. The lowest BCUT2D eigenvalue weighted by atomic mass is 10.1. The van der Waals surface area contributed by atoms with E-state index in [0.717, 1.165) is 25.9 Å². The van der Waals surface area contributed by atoms with Crippen LogP contribution in [0.5, 0.6) is 0 Å². The number of carbonyl (C=O) groups excluding carboxylic acids is 1. The van der Waals surface area contributed by atoms with Crippen molar-refractivity contribution in [2.75, 3.05) is 13.1 Å². The third-order valence-corrected chi connectivity index (χ3v) is 2.77. The first kappa shape index (κ1) is 9.54. The van der Waals surface area contributed by atoms with Gasteiger partial charge in [0.1, 0.15) is 0 Å². The van der Waals surface area contributed by atoms with Crippen molar-refractivity contribution in [3.05, 3.63) is 11.1 Å². The Labute approximate surface area is 86.1 Å². The fourth-order valence-electron chi connectivity index (χ4n) is 1.49. The number of rotatable bonds is 2. The molecule has 1 saturated heterocycles. The monoisotopic (exact) mass is 212 g/mol. The largest absolute Gasteiger partial charge is 0.348 e. The Hall–Kier alpha value is -1.01. The highest BCUT2D eigenvalue weighted by Gasteiger charge is 2.17. The molecule has 0 spiro atoms. The van der Waals surface area contributed by atoms with Crippen molar-refractivity contribution in [1.29, 1.82) is 0 Å². The van der Waals surface area contributed by atoms with E-state index in [1.165, 1.54) is 11.5 Å². The van der Waals surface area contributed by atoms with E-state index in [4.69, 9.17) is 0 Å². The number of amides is 1. The number of piperidine rings is 1. The van der Waals surface area contributed by atoms with Crippen molar-refractivity contribution in [1.82, 2.24) is 20.2 Å². The molecule has 6 heteroatoms. The molecular formula is C8H12N4OS. The summed E-state index contributed by atoms with van der Waals surface area (Å²) in [5, 5.41) is 11.6. The minimum absolute atomic E-state index is 0.106. The van der Waals surface area contributed by atoms with Crippen molar-refractivity contribution in [3.8, 4) is 0 Å². The topological polar surface area (TPSA) is 66.9 Å². The Kier molecular flexibility index (Phi) is 3.05. The van der Waals surface area contributed by atoms with Gasteiger partial charge in [-0.05, 0) is 37.5 Å². The highest BCUT2D eigenvalue weighted by Crippen LogP contribution is 2.04. The molecule has 0 atom stereocenters. The molecule has 1 amide bonds. The van der Waals surface area contributed by atoms with Crippen LogP contribution in [0.3, 0.4) is 0 Å². The van der Waals surface area contributed by atoms with Crippen LogP contribution in [-0.2, 0) is 0 Å². The molecule has 0 aliphatic carbocycles. The number of hydrogen-bond donors (Lipinski definition) is 2. The Balaban J connectivity index is 1.87. The van der Waals surface area contributed by atoms with Crippen molar-refractivity contribution in [2.45, 2.75) is 18.9 Å². The lowest BCUT2D eigenvalue weighted by Crippen LogP contribution is -2.42. The first-order valence-electron chi connectivity index (χ1n) is 4.65. The van der Waals surface area contributed by atoms with Gasteiger partial charge in [0.15, 0.2) is 5.69 Å². The van der Waals surface area contributed by atoms with E-state index in [9.17, 15) is 4.79 Å². The van der Waals surface area contributed by atoms with Gasteiger partial charge in [0.25, 0.3) is 5.91 Å². The molecule has 0 unspecified atom stereocenters. The lowest BCUT2D eigenvalue weighted by molar-refractivity contribution is 0.0924. The maximum Gasteiger partial charge on any atom is 0.272 e. The van der Waals surface area contributed by atoms with E-state index in [-0.39, 0.29) is 11.9 Å². The third-order valence-electron chi connectivity index (χ3n) is 2.27. The average molecular weight is 212 g/mol. The number of aromatic nitrogens is 2. The number of carbonyl (C=O) groups is 1. The van der Waals surface area contributed by atoms with E-state index in [1.807, 2.05) is 0 Å². The SMILES string of the molecule is O=C(NC1CCNCC1)c1csnn1. The first-order valence-corrected chi connectivity index (χ1v) is 5.48. The van der Waals surface area contributed by atoms with E-state index >= 15 is 0 Å². The molecule has 2 rings (SSSR count). The van der Waals surface area contributed by atoms with Crippen LogP contribution in [0.15, 0.2) is 5.38 Å². The van der Waals surface area contributed by atoms with Crippen LogP contribution in [0, 0.1) is 0 Å². The number of hydrogen-bond acceptors (Lipinski definition) is 5. The first-order chi connectivity index (χ1) is 6.86. The van der Waals surface area contributed by atoms with Crippen molar-refractivity contribution < 1.29 is 4.79 Å². The van der Waals surface area contributed by atoms with Crippen LogP contribution in [0.25, 0.3) is 0 Å².